The van der Waals surface area contributed by atoms with Crippen molar-refractivity contribution < 1.29 is 9.53 Å². The van der Waals surface area contributed by atoms with Crippen molar-refractivity contribution in [3.05, 3.63) is 0 Å². The number of nitrogens with zero attached hydrogens (tertiary/aromatic N) is 2. The zero-order valence-electron chi connectivity index (χ0n) is 16.3. The van der Waals surface area contributed by atoms with E-state index in [9.17, 15) is 4.79 Å². The van der Waals surface area contributed by atoms with Gasteiger partial charge in [0.15, 0.2) is 5.96 Å². The van der Waals surface area contributed by atoms with Gasteiger partial charge in [0, 0.05) is 32.2 Å². The van der Waals surface area contributed by atoms with E-state index in [2.05, 4.69) is 31.4 Å². The first kappa shape index (κ1) is 20.6. The Hall–Kier alpha value is -1.46. The molecular formula is C18H36N4O2. The number of guanidine groups is 1. The van der Waals surface area contributed by atoms with Crippen LogP contribution in [0.15, 0.2) is 4.99 Å². The van der Waals surface area contributed by atoms with Gasteiger partial charge in [0.05, 0.1) is 0 Å². The molecule has 1 aliphatic rings. The number of carbonyl (C=O) groups excluding carboxylic acids is 1. The van der Waals surface area contributed by atoms with Crippen molar-refractivity contribution in [1.82, 2.24) is 15.5 Å². The lowest BCUT2D eigenvalue weighted by Gasteiger charge is -2.33. The third kappa shape index (κ3) is 7.88. The van der Waals surface area contributed by atoms with Crippen molar-refractivity contribution in [2.24, 2.45) is 10.9 Å². The Labute approximate surface area is 147 Å². The second-order valence-electron chi connectivity index (χ2n) is 7.58. The zero-order chi connectivity index (χ0) is 18.2. The van der Waals surface area contributed by atoms with Gasteiger partial charge in [-0.05, 0) is 59.8 Å². The van der Waals surface area contributed by atoms with Gasteiger partial charge in [-0.2, -0.15) is 0 Å². The molecule has 0 aromatic rings. The van der Waals surface area contributed by atoms with Crippen LogP contribution in [0.3, 0.4) is 0 Å². The second-order valence-corrected chi connectivity index (χ2v) is 7.58. The summed E-state index contributed by atoms with van der Waals surface area (Å²) >= 11 is 0. The summed E-state index contributed by atoms with van der Waals surface area (Å²) in [5.41, 5.74) is -0.430. The molecule has 1 saturated heterocycles. The normalized spacial score (nSPS) is 18.2. The maximum atomic E-state index is 12.1. The predicted octanol–water partition coefficient (Wildman–Crippen LogP) is 2.99. The van der Waals surface area contributed by atoms with E-state index in [0.717, 1.165) is 51.4 Å². The molecule has 1 unspecified atom stereocenters. The molecule has 1 aliphatic heterocycles. The highest BCUT2D eigenvalue weighted by molar-refractivity contribution is 5.80. The third-order valence-electron chi connectivity index (χ3n) is 4.11. The summed E-state index contributed by atoms with van der Waals surface area (Å²) in [5.74, 6) is 1.41. The van der Waals surface area contributed by atoms with Gasteiger partial charge in [0.1, 0.15) is 5.60 Å². The van der Waals surface area contributed by atoms with Crippen LogP contribution in [0.25, 0.3) is 0 Å². The van der Waals surface area contributed by atoms with Crippen LogP contribution >= 0.6 is 0 Å². The summed E-state index contributed by atoms with van der Waals surface area (Å²) in [4.78, 5) is 18.6. The number of nitrogens with one attached hydrogen (secondary N) is 2. The second kappa shape index (κ2) is 9.74. The van der Waals surface area contributed by atoms with Gasteiger partial charge in [-0.15, -0.1) is 0 Å². The summed E-state index contributed by atoms with van der Waals surface area (Å²) < 4.78 is 5.44. The molecule has 1 rings (SSSR count). The Bertz CT molecular complexity index is 410. The van der Waals surface area contributed by atoms with E-state index in [-0.39, 0.29) is 6.09 Å². The average Bonchev–Trinajstić information content (AvgIpc) is 2.51. The van der Waals surface area contributed by atoms with Crippen LogP contribution in [-0.2, 0) is 4.74 Å². The van der Waals surface area contributed by atoms with Crippen molar-refractivity contribution in [2.45, 2.75) is 72.4 Å². The minimum absolute atomic E-state index is 0.198. The van der Waals surface area contributed by atoms with Gasteiger partial charge in [-0.1, -0.05) is 6.92 Å². The molecule has 1 heterocycles. The molecule has 0 saturated carbocycles. The van der Waals surface area contributed by atoms with Crippen molar-refractivity contribution in [1.29, 1.82) is 0 Å². The van der Waals surface area contributed by atoms with Crippen molar-refractivity contribution in [2.75, 3.05) is 26.2 Å². The summed E-state index contributed by atoms with van der Waals surface area (Å²) in [7, 11) is 0. The highest BCUT2D eigenvalue weighted by Crippen LogP contribution is 2.19. The fourth-order valence-corrected chi connectivity index (χ4v) is 2.50. The third-order valence-corrected chi connectivity index (χ3v) is 4.11. The maximum absolute atomic E-state index is 12.1. The minimum Gasteiger partial charge on any atom is -0.444 e. The van der Waals surface area contributed by atoms with Crippen molar-refractivity contribution in [3.8, 4) is 0 Å². The molecule has 0 aromatic heterocycles. The maximum Gasteiger partial charge on any atom is 0.410 e. The van der Waals surface area contributed by atoms with Gasteiger partial charge < -0.3 is 20.3 Å². The van der Waals surface area contributed by atoms with E-state index in [1.165, 1.54) is 0 Å². The Morgan fingerprint density at radius 2 is 1.92 bits per heavy atom. The minimum atomic E-state index is -0.430. The first-order chi connectivity index (χ1) is 11.2. The van der Waals surface area contributed by atoms with E-state index in [0.29, 0.717) is 12.0 Å². The SMILES string of the molecule is CCNC(=NCC1CCN(C(=O)OC(C)(C)C)CC1)NC(C)CC. The predicted molar refractivity (Wildman–Crippen MR) is 99.4 cm³/mol. The van der Waals surface area contributed by atoms with E-state index in [4.69, 9.17) is 9.73 Å². The first-order valence-corrected chi connectivity index (χ1v) is 9.28. The van der Waals surface area contributed by atoms with E-state index in [1.54, 1.807) is 0 Å². The molecular weight excluding hydrogens is 304 g/mol. The van der Waals surface area contributed by atoms with Gasteiger partial charge in [-0.3, -0.25) is 4.99 Å². The fourth-order valence-electron chi connectivity index (χ4n) is 2.50. The molecule has 1 amide bonds. The van der Waals surface area contributed by atoms with Crippen LogP contribution in [0.1, 0.15) is 60.8 Å². The number of piperidine rings is 1. The van der Waals surface area contributed by atoms with Crippen molar-refractivity contribution in [3.63, 3.8) is 0 Å². The van der Waals surface area contributed by atoms with Crippen LogP contribution in [-0.4, -0.2) is 54.8 Å². The number of amides is 1. The van der Waals surface area contributed by atoms with Crippen LogP contribution in [0.2, 0.25) is 0 Å². The summed E-state index contributed by atoms with van der Waals surface area (Å²) in [6.45, 7) is 15.3. The Morgan fingerprint density at radius 3 is 2.42 bits per heavy atom. The number of rotatable bonds is 5. The van der Waals surface area contributed by atoms with E-state index >= 15 is 0 Å². The molecule has 0 radical (unpaired) electrons. The number of likely N-dealkylation sites (tertiary alicyclic amines) is 1. The number of carbonyl (C=O) groups is 1. The molecule has 0 aromatic carbocycles. The molecule has 1 atom stereocenters. The molecule has 2 N–H and O–H groups in total. The van der Waals surface area contributed by atoms with E-state index < -0.39 is 5.60 Å². The highest BCUT2D eigenvalue weighted by atomic mass is 16.6. The molecule has 24 heavy (non-hydrogen) atoms. The molecule has 140 valence electrons. The topological polar surface area (TPSA) is 66.0 Å². The Kier molecular flexibility index (Phi) is 8.36. The number of aliphatic imine (C=N–C) groups is 1. The van der Waals surface area contributed by atoms with Crippen LogP contribution in [0.4, 0.5) is 4.79 Å². The number of hydrogen-bond acceptors (Lipinski definition) is 3. The molecule has 1 fully saturated rings. The van der Waals surface area contributed by atoms with Crippen LogP contribution in [0.5, 0.6) is 0 Å². The molecule has 6 heteroatoms. The average molecular weight is 341 g/mol. The molecule has 6 nitrogen and oxygen atoms in total. The van der Waals surface area contributed by atoms with Crippen molar-refractivity contribution >= 4 is 12.1 Å². The monoisotopic (exact) mass is 340 g/mol. The van der Waals surface area contributed by atoms with Crippen LogP contribution < -0.4 is 10.6 Å². The number of hydrogen-bond donors (Lipinski definition) is 2. The lowest BCUT2D eigenvalue weighted by atomic mass is 9.97. The standard InChI is InChI=1S/C18H36N4O2/c1-7-14(3)21-16(19-8-2)20-13-15-9-11-22(12-10-15)17(23)24-18(4,5)6/h14-15H,7-13H2,1-6H3,(H2,19,20,21). The Balaban J connectivity index is 2.43. The molecule has 0 spiro atoms. The van der Waals surface area contributed by atoms with Gasteiger partial charge in [0.25, 0.3) is 0 Å². The number of ether oxygens (including phenoxy) is 1. The van der Waals surface area contributed by atoms with Gasteiger partial charge >= 0.3 is 6.09 Å². The first-order valence-electron chi connectivity index (χ1n) is 9.28. The highest BCUT2D eigenvalue weighted by Gasteiger charge is 2.26. The summed E-state index contributed by atoms with van der Waals surface area (Å²) in [6.07, 6.45) is 2.83. The zero-order valence-corrected chi connectivity index (χ0v) is 16.3. The summed E-state index contributed by atoms with van der Waals surface area (Å²) in [6, 6.07) is 0.414. The van der Waals surface area contributed by atoms with E-state index in [1.807, 2.05) is 25.7 Å². The van der Waals surface area contributed by atoms with Crippen LogP contribution in [0, 0.1) is 5.92 Å². The lowest BCUT2D eigenvalue weighted by molar-refractivity contribution is 0.0187. The molecule has 0 aliphatic carbocycles. The molecule has 0 bridgehead atoms. The Morgan fingerprint density at radius 1 is 1.29 bits per heavy atom. The van der Waals surface area contributed by atoms with Gasteiger partial charge in [-0.25, -0.2) is 4.79 Å². The quantitative estimate of drug-likeness (QED) is 0.596. The smallest absolute Gasteiger partial charge is 0.410 e. The largest absolute Gasteiger partial charge is 0.444 e. The fraction of sp³-hybridized carbons (Fsp3) is 0.889. The lowest BCUT2D eigenvalue weighted by Crippen LogP contribution is -2.43. The van der Waals surface area contributed by atoms with Gasteiger partial charge in [0.2, 0.25) is 0 Å². The summed E-state index contributed by atoms with van der Waals surface area (Å²) in [5, 5.41) is 6.71.